The maximum atomic E-state index is 11.8. The Morgan fingerprint density at radius 2 is 2.33 bits per heavy atom. The van der Waals surface area contributed by atoms with Gasteiger partial charge in [0.15, 0.2) is 0 Å². The smallest absolute Gasteiger partial charge is 0.338 e. The predicted octanol–water partition coefficient (Wildman–Crippen LogP) is 2.31. The predicted molar refractivity (Wildman–Crippen MR) is 83.6 cm³/mol. The number of nitrogens with two attached hydrogens (primary N) is 1. The van der Waals surface area contributed by atoms with Crippen molar-refractivity contribution in [3.8, 4) is 0 Å². The maximum Gasteiger partial charge on any atom is 0.338 e. The van der Waals surface area contributed by atoms with Crippen LogP contribution >= 0.6 is 0 Å². The van der Waals surface area contributed by atoms with Gasteiger partial charge in [0, 0.05) is 20.2 Å². The van der Waals surface area contributed by atoms with Crippen LogP contribution in [0.15, 0.2) is 18.2 Å². The molecule has 21 heavy (non-hydrogen) atoms. The van der Waals surface area contributed by atoms with Gasteiger partial charge in [-0.2, -0.15) is 0 Å². The number of anilines is 2. The zero-order valence-electron chi connectivity index (χ0n) is 12.8. The Balaban J connectivity index is 2.09. The third-order valence-electron chi connectivity index (χ3n) is 3.74. The Hall–Kier alpha value is -1.75. The molecule has 1 aliphatic heterocycles. The second-order valence-electron chi connectivity index (χ2n) is 5.46. The molecule has 0 aliphatic carbocycles. The lowest BCUT2D eigenvalue weighted by Crippen LogP contribution is -2.31. The summed E-state index contributed by atoms with van der Waals surface area (Å²) in [6, 6.07) is 5.26. The Morgan fingerprint density at radius 3 is 3.00 bits per heavy atom. The third kappa shape index (κ3) is 4.11. The van der Waals surface area contributed by atoms with E-state index in [4.69, 9.17) is 15.2 Å². The molecule has 5 nitrogen and oxygen atoms in total. The van der Waals surface area contributed by atoms with Gasteiger partial charge in [-0.25, -0.2) is 4.79 Å². The Labute approximate surface area is 126 Å². The van der Waals surface area contributed by atoms with Crippen molar-refractivity contribution in [2.75, 3.05) is 44.0 Å². The summed E-state index contributed by atoms with van der Waals surface area (Å²) in [6.07, 6.45) is 2.28. The average molecular weight is 292 g/mol. The SMILES string of the molecule is CCOC(=O)c1ccc(N)c(N(C)CC2CCCOC2)c1. The van der Waals surface area contributed by atoms with Gasteiger partial charge in [-0.05, 0) is 43.9 Å². The molecule has 2 N–H and O–H groups in total. The van der Waals surface area contributed by atoms with Crippen LogP contribution in [-0.2, 0) is 9.47 Å². The number of hydrogen-bond donors (Lipinski definition) is 1. The van der Waals surface area contributed by atoms with E-state index in [-0.39, 0.29) is 5.97 Å². The fourth-order valence-electron chi connectivity index (χ4n) is 2.65. The summed E-state index contributed by atoms with van der Waals surface area (Å²) in [4.78, 5) is 13.9. The first-order valence-electron chi connectivity index (χ1n) is 7.47. The van der Waals surface area contributed by atoms with Crippen molar-refractivity contribution >= 4 is 17.3 Å². The minimum absolute atomic E-state index is 0.312. The Kier molecular flexibility index (Phi) is 5.44. The number of benzene rings is 1. The minimum Gasteiger partial charge on any atom is -0.462 e. The number of esters is 1. The van der Waals surface area contributed by atoms with E-state index in [0.717, 1.165) is 31.9 Å². The third-order valence-corrected chi connectivity index (χ3v) is 3.74. The fraction of sp³-hybridized carbons (Fsp3) is 0.562. The summed E-state index contributed by atoms with van der Waals surface area (Å²) >= 11 is 0. The topological polar surface area (TPSA) is 64.8 Å². The number of carbonyl (C=O) groups excluding carboxylic acids is 1. The number of ether oxygens (including phenoxy) is 2. The van der Waals surface area contributed by atoms with Crippen LogP contribution in [0.3, 0.4) is 0 Å². The molecule has 116 valence electrons. The van der Waals surface area contributed by atoms with Crippen LogP contribution in [-0.4, -0.2) is 39.4 Å². The van der Waals surface area contributed by atoms with Gasteiger partial charge in [-0.1, -0.05) is 0 Å². The van der Waals surface area contributed by atoms with Gasteiger partial charge in [0.2, 0.25) is 0 Å². The van der Waals surface area contributed by atoms with E-state index in [1.807, 2.05) is 7.05 Å². The molecule has 0 amide bonds. The van der Waals surface area contributed by atoms with Crippen LogP contribution in [0.5, 0.6) is 0 Å². The summed E-state index contributed by atoms with van der Waals surface area (Å²) in [5.74, 6) is 0.197. The van der Waals surface area contributed by atoms with Crippen molar-refractivity contribution < 1.29 is 14.3 Å². The monoisotopic (exact) mass is 292 g/mol. The summed E-state index contributed by atoms with van der Waals surface area (Å²) < 4.78 is 10.5. The van der Waals surface area contributed by atoms with Crippen molar-refractivity contribution in [3.05, 3.63) is 23.8 Å². The highest BCUT2D eigenvalue weighted by Gasteiger charge is 2.18. The van der Waals surface area contributed by atoms with Gasteiger partial charge in [-0.15, -0.1) is 0 Å². The maximum absolute atomic E-state index is 11.8. The van der Waals surface area contributed by atoms with Crippen LogP contribution in [0.1, 0.15) is 30.1 Å². The van der Waals surface area contributed by atoms with Gasteiger partial charge < -0.3 is 20.1 Å². The lowest BCUT2D eigenvalue weighted by molar-refractivity contribution is 0.0526. The van der Waals surface area contributed by atoms with Crippen molar-refractivity contribution in [2.45, 2.75) is 19.8 Å². The highest BCUT2D eigenvalue weighted by molar-refractivity contribution is 5.92. The molecule has 0 spiro atoms. The highest BCUT2D eigenvalue weighted by Crippen LogP contribution is 2.26. The lowest BCUT2D eigenvalue weighted by atomic mass is 10.0. The first kappa shape index (κ1) is 15.6. The summed E-state index contributed by atoms with van der Waals surface area (Å²) in [5, 5.41) is 0. The van der Waals surface area contributed by atoms with Crippen LogP contribution in [0.4, 0.5) is 11.4 Å². The van der Waals surface area contributed by atoms with E-state index in [2.05, 4.69) is 4.90 Å². The number of nitrogens with zero attached hydrogens (tertiary/aromatic N) is 1. The largest absolute Gasteiger partial charge is 0.462 e. The first-order chi connectivity index (χ1) is 10.1. The van der Waals surface area contributed by atoms with Crippen LogP contribution < -0.4 is 10.6 Å². The molecular formula is C16H24N2O3. The average Bonchev–Trinajstić information content (AvgIpc) is 2.48. The summed E-state index contributed by atoms with van der Waals surface area (Å²) in [6.45, 7) is 4.69. The molecule has 0 radical (unpaired) electrons. The standard InChI is InChI=1S/C16H24N2O3/c1-3-21-16(19)13-6-7-14(17)15(9-13)18(2)10-12-5-4-8-20-11-12/h6-7,9,12H,3-5,8,10-11,17H2,1-2H3. The van der Waals surface area contributed by atoms with Gasteiger partial charge in [-0.3, -0.25) is 0 Å². The molecule has 1 aromatic rings. The van der Waals surface area contributed by atoms with Crippen molar-refractivity contribution in [1.29, 1.82) is 0 Å². The summed E-state index contributed by atoms with van der Waals surface area (Å²) in [5.41, 5.74) is 8.12. The number of nitrogen functional groups attached to an aromatic ring is 1. The molecule has 1 atom stereocenters. The Morgan fingerprint density at radius 1 is 1.52 bits per heavy atom. The van der Waals surface area contributed by atoms with Crippen LogP contribution in [0, 0.1) is 5.92 Å². The Bertz CT molecular complexity index is 484. The zero-order valence-corrected chi connectivity index (χ0v) is 12.8. The fourth-order valence-corrected chi connectivity index (χ4v) is 2.65. The lowest BCUT2D eigenvalue weighted by Gasteiger charge is -2.29. The van der Waals surface area contributed by atoms with E-state index in [1.165, 1.54) is 6.42 Å². The molecular weight excluding hydrogens is 268 g/mol. The van der Waals surface area contributed by atoms with Crippen molar-refractivity contribution in [2.24, 2.45) is 5.92 Å². The van der Waals surface area contributed by atoms with Gasteiger partial charge in [0.05, 0.1) is 30.2 Å². The molecule has 1 saturated heterocycles. The molecule has 1 unspecified atom stereocenters. The number of carbonyl (C=O) groups is 1. The molecule has 1 aliphatic rings. The molecule has 0 bridgehead atoms. The normalized spacial score (nSPS) is 18.3. The zero-order chi connectivity index (χ0) is 15.2. The van der Waals surface area contributed by atoms with Crippen molar-refractivity contribution in [1.82, 2.24) is 0 Å². The second kappa shape index (κ2) is 7.31. The molecule has 1 fully saturated rings. The molecule has 2 rings (SSSR count). The van der Waals surface area contributed by atoms with Crippen molar-refractivity contribution in [3.63, 3.8) is 0 Å². The molecule has 1 heterocycles. The molecule has 0 aromatic heterocycles. The summed E-state index contributed by atoms with van der Waals surface area (Å²) in [7, 11) is 2.00. The van der Waals surface area contributed by atoms with Crippen LogP contribution in [0.2, 0.25) is 0 Å². The van der Waals surface area contributed by atoms with Gasteiger partial charge in [0.1, 0.15) is 0 Å². The minimum atomic E-state index is -0.312. The van der Waals surface area contributed by atoms with E-state index < -0.39 is 0 Å². The van der Waals surface area contributed by atoms with Gasteiger partial charge >= 0.3 is 5.97 Å². The number of rotatable bonds is 5. The van der Waals surface area contributed by atoms with E-state index in [9.17, 15) is 4.79 Å². The van der Waals surface area contributed by atoms with E-state index >= 15 is 0 Å². The molecule has 0 saturated carbocycles. The van der Waals surface area contributed by atoms with Crippen LogP contribution in [0.25, 0.3) is 0 Å². The first-order valence-corrected chi connectivity index (χ1v) is 7.47. The molecule has 1 aromatic carbocycles. The second-order valence-corrected chi connectivity index (χ2v) is 5.46. The van der Waals surface area contributed by atoms with E-state index in [1.54, 1.807) is 25.1 Å². The highest BCUT2D eigenvalue weighted by atomic mass is 16.5. The quantitative estimate of drug-likeness (QED) is 0.666. The number of hydrogen-bond acceptors (Lipinski definition) is 5. The molecule has 5 heteroatoms. The van der Waals surface area contributed by atoms with Gasteiger partial charge in [0.25, 0.3) is 0 Å². The van der Waals surface area contributed by atoms with E-state index in [0.29, 0.717) is 23.8 Å².